The summed E-state index contributed by atoms with van der Waals surface area (Å²) in [5.74, 6) is 0. The summed E-state index contributed by atoms with van der Waals surface area (Å²) in [6, 6.07) is 6.86. The summed E-state index contributed by atoms with van der Waals surface area (Å²) in [5.41, 5.74) is 1.47. The van der Waals surface area contributed by atoms with Gasteiger partial charge >= 0.3 is 0 Å². The summed E-state index contributed by atoms with van der Waals surface area (Å²) in [5, 5.41) is 15.5. The van der Waals surface area contributed by atoms with Crippen molar-refractivity contribution in [2.45, 2.75) is 25.5 Å². The first-order chi connectivity index (χ1) is 10.1. The van der Waals surface area contributed by atoms with Gasteiger partial charge < -0.3 is 4.74 Å². The minimum absolute atomic E-state index is 0.0297. The molecule has 1 aromatic carbocycles. The number of hydrogen-bond donors (Lipinski definition) is 0. The van der Waals surface area contributed by atoms with Crippen molar-refractivity contribution in [2.75, 3.05) is 6.61 Å². The van der Waals surface area contributed by atoms with Crippen LogP contribution in [0.15, 0.2) is 34.9 Å². The summed E-state index contributed by atoms with van der Waals surface area (Å²) in [4.78, 5) is 10.6. The van der Waals surface area contributed by atoms with Gasteiger partial charge in [0, 0.05) is 24.4 Å². The third-order valence-electron chi connectivity index (χ3n) is 3.50. The Morgan fingerprint density at radius 2 is 2.24 bits per heavy atom. The molecule has 1 aliphatic heterocycles. The van der Waals surface area contributed by atoms with Crippen molar-refractivity contribution in [1.29, 1.82) is 0 Å². The Bertz CT molecular complexity index is 665. The van der Waals surface area contributed by atoms with Crippen molar-refractivity contribution in [3.63, 3.8) is 0 Å². The van der Waals surface area contributed by atoms with E-state index in [2.05, 4.69) is 21.0 Å². The van der Waals surface area contributed by atoms with Crippen LogP contribution in [0.1, 0.15) is 25.5 Å². The molecular weight excluding hydrogens is 338 g/mol. The standard InChI is InChI=1S/C14H14BrN3O3/c15-11-5-4-10(9-13(11)18(19)20)12-6-7-17(16-12)14-3-1-2-8-21-14/h4-7,9,14H,1-3,8H2. The van der Waals surface area contributed by atoms with E-state index in [0.29, 0.717) is 10.2 Å². The highest BCUT2D eigenvalue weighted by atomic mass is 79.9. The highest BCUT2D eigenvalue weighted by Crippen LogP contribution is 2.30. The smallest absolute Gasteiger partial charge is 0.284 e. The van der Waals surface area contributed by atoms with Gasteiger partial charge in [-0.2, -0.15) is 5.10 Å². The van der Waals surface area contributed by atoms with Gasteiger partial charge in [0.1, 0.15) is 6.23 Å². The van der Waals surface area contributed by atoms with Crippen LogP contribution in [-0.4, -0.2) is 21.3 Å². The Morgan fingerprint density at radius 1 is 1.38 bits per heavy atom. The van der Waals surface area contributed by atoms with Crippen LogP contribution in [0.5, 0.6) is 0 Å². The first-order valence-corrected chi connectivity index (χ1v) is 7.55. The number of hydrogen-bond acceptors (Lipinski definition) is 4. The van der Waals surface area contributed by atoms with E-state index in [1.54, 1.807) is 10.7 Å². The second-order valence-corrected chi connectivity index (χ2v) is 5.78. The van der Waals surface area contributed by atoms with Crippen LogP contribution in [0.4, 0.5) is 5.69 Å². The molecule has 2 aromatic rings. The Hall–Kier alpha value is -1.73. The van der Waals surface area contributed by atoms with E-state index in [1.807, 2.05) is 18.3 Å². The van der Waals surface area contributed by atoms with E-state index in [0.717, 1.165) is 31.4 Å². The molecule has 0 saturated carbocycles. The highest BCUT2D eigenvalue weighted by molar-refractivity contribution is 9.10. The SMILES string of the molecule is O=[N+]([O-])c1cc(-c2ccn(C3CCCCO3)n2)ccc1Br. The molecule has 7 heteroatoms. The monoisotopic (exact) mass is 351 g/mol. The van der Waals surface area contributed by atoms with Crippen LogP contribution in [-0.2, 0) is 4.74 Å². The molecule has 1 aromatic heterocycles. The van der Waals surface area contributed by atoms with Crippen LogP contribution < -0.4 is 0 Å². The van der Waals surface area contributed by atoms with Gasteiger partial charge in [-0.15, -0.1) is 0 Å². The highest BCUT2D eigenvalue weighted by Gasteiger charge is 2.18. The molecule has 110 valence electrons. The summed E-state index contributed by atoms with van der Waals surface area (Å²) in [6.45, 7) is 0.754. The second-order valence-electron chi connectivity index (χ2n) is 4.93. The number of nitro benzene ring substituents is 1. The zero-order valence-corrected chi connectivity index (χ0v) is 12.8. The molecule has 0 N–H and O–H groups in total. The van der Waals surface area contributed by atoms with Crippen LogP contribution in [0.25, 0.3) is 11.3 Å². The number of rotatable bonds is 3. The lowest BCUT2D eigenvalue weighted by molar-refractivity contribution is -0.385. The van der Waals surface area contributed by atoms with Crippen molar-refractivity contribution >= 4 is 21.6 Å². The number of nitro groups is 1. The maximum absolute atomic E-state index is 11.0. The zero-order chi connectivity index (χ0) is 14.8. The molecular formula is C14H14BrN3O3. The third-order valence-corrected chi connectivity index (χ3v) is 4.17. The summed E-state index contributed by atoms with van der Waals surface area (Å²) < 4.78 is 7.94. The average molecular weight is 352 g/mol. The maximum atomic E-state index is 11.0. The molecule has 0 radical (unpaired) electrons. The van der Waals surface area contributed by atoms with Gasteiger partial charge in [0.05, 0.1) is 15.1 Å². The molecule has 2 heterocycles. The van der Waals surface area contributed by atoms with Crippen LogP contribution in [0, 0.1) is 10.1 Å². The normalized spacial score (nSPS) is 18.6. The van der Waals surface area contributed by atoms with Gasteiger partial charge in [-0.05, 0) is 47.3 Å². The lowest BCUT2D eigenvalue weighted by Crippen LogP contribution is -2.18. The Balaban J connectivity index is 1.89. The van der Waals surface area contributed by atoms with E-state index in [9.17, 15) is 10.1 Å². The molecule has 21 heavy (non-hydrogen) atoms. The Morgan fingerprint density at radius 3 is 2.95 bits per heavy atom. The van der Waals surface area contributed by atoms with Gasteiger partial charge in [0.25, 0.3) is 5.69 Å². The number of benzene rings is 1. The number of aromatic nitrogens is 2. The van der Waals surface area contributed by atoms with E-state index >= 15 is 0 Å². The fraction of sp³-hybridized carbons (Fsp3) is 0.357. The van der Waals surface area contributed by atoms with Crippen LogP contribution in [0.2, 0.25) is 0 Å². The second kappa shape index (κ2) is 5.95. The average Bonchev–Trinajstić information content (AvgIpc) is 2.98. The van der Waals surface area contributed by atoms with E-state index in [-0.39, 0.29) is 11.9 Å². The fourth-order valence-electron chi connectivity index (χ4n) is 2.40. The molecule has 0 amide bonds. The lowest BCUT2D eigenvalue weighted by atomic mass is 10.1. The van der Waals surface area contributed by atoms with Crippen molar-refractivity contribution in [1.82, 2.24) is 9.78 Å². The molecule has 1 aliphatic rings. The quantitative estimate of drug-likeness (QED) is 0.620. The first-order valence-electron chi connectivity index (χ1n) is 6.76. The van der Waals surface area contributed by atoms with E-state index in [4.69, 9.17) is 4.74 Å². The Labute approximate surface area is 130 Å². The van der Waals surface area contributed by atoms with Gasteiger partial charge in [-0.3, -0.25) is 10.1 Å². The zero-order valence-electron chi connectivity index (χ0n) is 11.2. The number of halogens is 1. The van der Waals surface area contributed by atoms with E-state index < -0.39 is 4.92 Å². The molecule has 6 nitrogen and oxygen atoms in total. The molecule has 3 rings (SSSR count). The predicted molar refractivity (Wildman–Crippen MR) is 80.9 cm³/mol. The summed E-state index contributed by atoms with van der Waals surface area (Å²) in [6.07, 6.45) is 4.99. The summed E-state index contributed by atoms with van der Waals surface area (Å²) >= 11 is 3.18. The molecule has 1 fully saturated rings. The first kappa shape index (κ1) is 14.2. The third kappa shape index (κ3) is 2.98. The molecule has 0 aliphatic carbocycles. The lowest BCUT2D eigenvalue weighted by Gasteiger charge is -2.22. The predicted octanol–water partition coefficient (Wildman–Crippen LogP) is 3.92. The molecule has 0 bridgehead atoms. The Kier molecular flexibility index (Phi) is 4.03. The number of nitrogens with zero attached hydrogens (tertiary/aromatic N) is 3. The molecule has 1 atom stereocenters. The molecule has 1 saturated heterocycles. The van der Waals surface area contributed by atoms with Crippen molar-refractivity contribution in [2.24, 2.45) is 0 Å². The largest absolute Gasteiger partial charge is 0.357 e. The van der Waals surface area contributed by atoms with Crippen molar-refractivity contribution < 1.29 is 9.66 Å². The van der Waals surface area contributed by atoms with Gasteiger partial charge in [-0.25, -0.2) is 4.68 Å². The van der Waals surface area contributed by atoms with Crippen LogP contribution >= 0.6 is 15.9 Å². The maximum Gasteiger partial charge on any atom is 0.284 e. The molecule has 0 spiro atoms. The van der Waals surface area contributed by atoms with Crippen molar-refractivity contribution in [3.05, 3.63) is 45.0 Å². The minimum atomic E-state index is -0.408. The fourth-order valence-corrected chi connectivity index (χ4v) is 2.79. The van der Waals surface area contributed by atoms with E-state index in [1.165, 1.54) is 6.07 Å². The van der Waals surface area contributed by atoms with Crippen LogP contribution in [0.3, 0.4) is 0 Å². The van der Waals surface area contributed by atoms with Gasteiger partial charge in [0.2, 0.25) is 0 Å². The summed E-state index contributed by atoms with van der Waals surface area (Å²) in [7, 11) is 0. The topological polar surface area (TPSA) is 70.2 Å². The van der Waals surface area contributed by atoms with Crippen molar-refractivity contribution in [3.8, 4) is 11.3 Å². The number of ether oxygens (including phenoxy) is 1. The van der Waals surface area contributed by atoms with Gasteiger partial charge in [0.15, 0.2) is 0 Å². The molecule has 1 unspecified atom stereocenters. The van der Waals surface area contributed by atoms with Gasteiger partial charge in [-0.1, -0.05) is 6.07 Å². The minimum Gasteiger partial charge on any atom is -0.357 e.